The second-order valence-electron chi connectivity index (χ2n) is 9.83. The van der Waals surface area contributed by atoms with Crippen LogP contribution in [0.2, 0.25) is 0 Å². The number of amides is 3. The molecule has 2 fully saturated rings. The summed E-state index contributed by atoms with van der Waals surface area (Å²) in [5.41, 5.74) is -0.427. The normalized spacial score (nSPS) is 21.6. The van der Waals surface area contributed by atoms with E-state index in [0.717, 1.165) is 57.3 Å². The van der Waals surface area contributed by atoms with Crippen molar-refractivity contribution in [2.45, 2.75) is 63.3 Å². The van der Waals surface area contributed by atoms with Crippen molar-refractivity contribution in [3.63, 3.8) is 0 Å². The number of nitrogens with one attached hydrogen (secondary N) is 4. The number of alkyl halides is 3. The number of aromatic nitrogens is 2. The van der Waals surface area contributed by atoms with Crippen molar-refractivity contribution in [3.8, 4) is 0 Å². The average Bonchev–Trinajstić information content (AvgIpc) is 2.87. The van der Waals surface area contributed by atoms with E-state index in [2.05, 4.69) is 43.1 Å². The van der Waals surface area contributed by atoms with Crippen LogP contribution >= 0.6 is 0 Å². The van der Waals surface area contributed by atoms with Gasteiger partial charge in [-0.3, -0.25) is 9.69 Å². The van der Waals surface area contributed by atoms with Gasteiger partial charge in [-0.15, -0.1) is 0 Å². The van der Waals surface area contributed by atoms with Gasteiger partial charge in [0.25, 0.3) is 0 Å². The fourth-order valence-electron chi connectivity index (χ4n) is 5.38. The number of urea groups is 1. The minimum absolute atomic E-state index is 0.0457. The van der Waals surface area contributed by atoms with E-state index in [4.69, 9.17) is 0 Å². The number of carbonyl (C=O) groups is 2. The Morgan fingerprint density at radius 3 is 2.51 bits per heavy atom. The molecule has 1 aliphatic heterocycles. The number of fused-ring (bicyclic) bond motifs is 1. The van der Waals surface area contributed by atoms with Crippen LogP contribution in [0.1, 0.15) is 44.6 Å². The quantitative estimate of drug-likeness (QED) is 0.425. The van der Waals surface area contributed by atoms with E-state index < -0.39 is 11.7 Å². The number of nitrogens with zero attached hydrogens (tertiary/aromatic N) is 3. The van der Waals surface area contributed by atoms with E-state index in [1.807, 2.05) is 0 Å². The predicted molar refractivity (Wildman–Crippen MR) is 134 cm³/mol. The first-order chi connectivity index (χ1) is 17.7. The third kappa shape index (κ3) is 6.60. The van der Waals surface area contributed by atoms with Crippen molar-refractivity contribution in [2.75, 3.05) is 32.0 Å². The molecule has 37 heavy (non-hydrogen) atoms. The molecule has 0 unspecified atom stereocenters. The van der Waals surface area contributed by atoms with Crippen LogP contribution in [0.15, 0.2) is 24.5 Å². The maximum Gasteiger partial charge on any atom is 0.416 e. The highest BCUT2D eigenvalue weighted by Gasteiger charge is 2.36. The maximum atomic E-state index is 13.1. The minimum atomic E-state index is -4.48. The number of likely N-dealkylation sites (tertiary alicyclic amines) is 1. The molecule has 1 saturated carbocycles. The van der Waals surface area contributed by atoms with Gasteiger partial charge in [0, 0.05) is 37.6 Å². The minimum Gasteiger partial charge on any atom is -0.360 e. The second kappa shape index (κ2) is 11.5. The van der Waals surface area contributed by atoms with E-state index in [0.29, 0.717) is 17.5 Å². The summed E-state index contributed by atoms with van der Waals surface area (Å²) in [6.07, 6.45) is 1.95. The molecule has 4 N–H and O–H groups in total. The molecule has 1 aliphatic carbocycles. The standard InChI is InChI=1S/C25H34F3N7O2/c1-3-20(34-24(37)29-2)15-4-7-18(8-5-15)35-12-17(13-35)33-22(36)11-30-23-19-10-16(25(26,27)28)6-9-21(19)31-14-32-23/h6,9-10,14-15,17-18,20H,3-5,7-8,11-13H2,1-2H3,(H,33,36)(H2,29,34,37)(H,30,31,32)/t15-,18-,20-/m0/s1. The number of hydrogen-bond acceptors (Lipinski definition) is 6. The van der Waals surface area contributed by atoms with Crippen molar-refractivity contribution >= 4 is 28.7 Å². The van der Waals surface area contributed by atoms with Crippen LogP contribution in [0.3, 0.4) is 0 Å². The molecule has 0 bridgehead atoms. The molecule has 2 aromatic rings. The van der Waals surface area contributed by atoms with Crippen molar-refractivity contribution in [1.82, 2.24) is 30.8 Å². The molecule has 4 rings (SSSR count). The van der Waals surface area contributed by atoms with E-state index in [9.17, 15) is 22.8 Å². The van der Waals surface area contributed by atoms with Gasteiger partial charge in [-0.1, -0.05) is 6.92 Å². The predicted octanol–water partition coefficient (Wildman–Crippen LogP) is 3.13. The van der Waals surface area contributed by atoms with Gasteiger partial charge in [0.2, 0.25) is 5.91 Å². The van der Waals surface area contributed by atoms with Gasteiger partial charge in [-0.25, -0.2) is 14.8 Å². The topological polar surface area (TPSA) is 111 Å². The Kier molecular flexibility index (Phi) is 8.35. The van der Waals surface area contributed by atoms with E-state index in [-0.39, 0.29) is 41.8 Å². The SMILES string of the molecule is CC[C@H](NC(=O)NC)[C@H]1CC[C@H](N2CC(NC(=O)CNc3ncnc4ccc(C(F)(F)F)cc34)C2)CC1. The maximum absolute atomic E-state index is 13.1. The first kappa shape index (κ1) is 26.9. The first-order valence-electron chi connectivity index (χ1n) is 12.8. The summed E-state index contributed by atoms with van der Waals surface area (Å²) < 4.78 is 39.3. The Morgan fingerprint density at radius 2 is 1.86 bits per heavy atom. The monoisotopic (exact) mass is 521 g/mol. The molecule has 9 nitrogen and oxygen atoms in total. The lowest BCUT2D eigenvalue weighted by Gasteiger charge is -2.47. The van der Waals surface area contributed by atoms with E-state index in [1.165, 1.54) is 12.4 Å². The fourth-order valence-corrected chi connectivity index (χ4v) is 5.38. The summed E-state index contributed by atoms with van der Waals surface area (Å²) in [4.78, 5) is 34.6. The highest BCUT2D eigenvalue weighted by atomic mass is 19.4. The van der Waals surface area contributed by atoms with Gasteiger partial charge in [-0.2, -0.15) is 13.2 Å². The highest BCUT2D eigenvalue weighted by Crippen LogP contribution is 2.33. The van der Waals surface area contributed by atoms with Gasteiger partial charge in [-0.05, 0) is 56.2 Å². The smallest absolute Gasteiger partial charge is 0.360 e. The van der Waals surface area contributed by atoms with Crippen LogP contribution in [-0.4, -0.2) is 71.6 Å². The zero-order valence-corrected chi connectivity index (χ0v) is 21.1. The molecule has 202 valence electrons. The Balaban J connectivity index is 1.21. The van der Waals surface area contributed by atoms with Crippen LogP contribution in [0.4, 0.5) is 23.8 Å². The summed E-state index contributed by atoms with van der Waals surface area (Å²) in [6.45, 7) is 3.55. The molecule has 1 aromatic heterocycles. The molecular formula is C25H34F3N7O2. The van der Waals surface area contributed by atoms with Crippen molar-refractivity contribution < 1.29 is 22.8 Å². The van der Waals surface area contributed by atoms with Gasteiger partial charge in [0.15, 0.2) is 0 Å². The van der Waals surface area contributed by atoms with Crippen LogP contribution < -0.4 is 21.3 Å². The first-order valence-corrected chi connectivity index (χ1v) is 12.8. The summed E-state index contributed by atoms with van der Waals surface area (Å²) >= 11 is 0. The molecule has 12 heteroatoms. The van der Waals surface area contributed by atoms with Gasteiger partial charge < -0.3 is 21.3 Å². The van der Waals surface area contributed by atoms with Crippen molar-refractivity contribution in [2.24, 2.45) is 5.92 Å². The van der Waals surface area contributed by atoms with Crippen LogP contribution in [0.5, 0.6) is 0 Å². The molecule has 1 saturated heterocycles. The average molecular weight is 522 g/mol. The Hall–Kier alpha value is -3.15. The highest BCUT2D eigenvalue weighted by molar-refractivity contribution is 5.91. The van der Waals surface area contributed by atoms with Gasteiger partial charge in [0.1, 0.15) is 12.1 Å². The largest absolute Gasteiger partial charge is 0.416 e. The Morgan fingerprint density at radius 1 is 1.14 bits per heavy atom. The van der Waals surface area contributed by atoms with Gasteiger partial charge in [0.05, 0.1) is 23.7 Å². The van der Waals surface area contributed by atoms with Crippen LogP contribution in [0.25, 0.3) is 10.9 Å². The van der Waals surface area contributed by atoms with E-state index >= 15 is 0 Å². The van der Waals surface area contributed by atoms with Crippen LogP contribution in [0, 0.1) is 5.92 Å². The number of hydrogen-bond donors (Lipinski definition) is 4. The third-order valence-electron chi connectivity index (χ3n) is 7.46. The fraction of sp³-hybridized carbons (Fsp3) is 0.600. The summed E-state index contributed by atoms with van der Waals surface area (Å²) in [7, 11) is 1.62. The molecule has 0 radical (unpaired) electrons. The Bertz CT molecular complexity index is 1100. The third-order valence-corrected chi connectivity index (χ3v) is 7.46. The number of benzene rings is 1. The zero-order valence-electron chi connectivity index (χ0n) is 21.1. The van der Waals surface area contributed by atoms with Gasteiger partial charge >= 0.3 is 12.2 Å². The summed E-state index contributed by atoms with van der Waals surface area (Å²) in [5.74, 6) is 0.430. The van der Waals surface area contributed by atoms with E-state index in [1.54, 1.807) is 7.05 Å². The number of anilines is 1. The lowest BCUT2D eigenvalue weighted by Crippen LogP contribution is -2.63. The molecule has 1 aromatic carbocycles. The van der Waals surface area contributed by atoms with Crippen molar-refractivity contribution in [1.29, 1.82) is 0 Å². The Labute approximate surface area is 214 Å². The molecule has 3 amide bonds. The lowest BCUT2D eigenvalue weighted by molar-refractivity contribution is -0.137. The zero-order chi connectivity index (χ0) is 26.6. The number of halogens is 3. The molecule has 2 heterocycles. The van der Waals surface area contributed by atoms with Crippen molar-refractivity contribution in [3.05, 3.63) is 30.1 Å². The molecule has 2 aliphatic rings. The number of rotatable bonds is 8. The second-order valence-corrected chi connectivity index (χ2v) is 9.83. The summed E-state index contributed by atoms with van der Waals surface area (Å²) in [5, 5.41) is 11.7. The van der Waals surface area contributed by atoms with Crippen LogP contribution in [-0.2, 0) is 11.0 Å². The molecular weight excluding hydrogens is 487 g/mol. The lowest BCUT2D eigenvalue weighted by atomic mass is 9.79. The number of carbonyl (C=O) groups excluding carboxylic acids is 2. The summed E-state index contributed by atoms with van der Waals surface area (Å²) in [6, 6.07) is 3.84. The molecule has 1 atom stereocenters. The molecule has 0 spiro atoms.